The normalized spacial score (nSPS) is 24.5. The fourth-order valence-electron chi connectivity index (χ4n) is 2.28. The Morgan fingerprint density at radius 3 is 2.71 bits per heavy atom. The molecule has 1 aliphatic rings. The average molecular weight is 238 g/mol. The van der Waals surface area contributed by atoms with Crippen molar-refractivity contribution >= 4 is 0 Å². The van der Waals surface area contributed by atoms with E-state index in [0.29, 0.717) is 12.6 Å². The maximum atomic E-state index is 12.7. The van der Waals surface area contributed by atoms with Crippen LogP contribution < -0.4 is 5.32 Å². The van der Waals surface area contributed by atoms with Gasteiger partial charge in [0.2, 0.25) is 0 Å². The molecule has 0 aromatic heterocycles. The van der Waals surface area contributed by atoms with E-state index in [-0.39, 0.29) is 11.9 Å². The van der Waals surface area contributed by atoms with Gasteiger partial charge in [0.05, 0.1) is 6.10 Å². The van der Waals surface area contributed by atoms with Crippen LogP contribution in [0.25, 0.3) is 0 Å². The molecule has 1 saturated heterocycles. The number of β-amino-alcohol motifs (C(OH)–C–C–N with tert-alkyl or cyclic N) is 1. The van der Waals surface area contributed by atoms with Crippen molar-refractivity contribution in [3.05, 3.63) is 35.6 Å². The molecule has 1 aliphatic heterocycles. The van der Waals surface area contributed by atoms with Crippen LogP contribution in [0.15, 0.2) is 24.3 Å². The van der Waals surface area contributed by atoms with E-state index < -0.39 is 0 Å². The van der Waals surface area contributed by atoms with Gasteiger partial charge in [0.25, 0.3) is 0 Å². The van der Waals surface area contributed by atoms with Gasteiger partial charge in [-0.2, -0.15) is 0 Å². The van der Waals surface area contributed by atoms with Crippen LogP contribution >= 0.6 is 0 Å². The Morgan fingerprint density at radius 2 is 2.12 bits per heavy atom. The van der Waals surface area contributed by atoms with Gasteiger partial charge in [0, 0.05) is 25.7 Å². The van der Waals surface area contributed by atoms with Gasteiger partial charge in [-0.25, -0.2) is 4.39 Å². The van der Waals surface area contributed by atoms with Gasteiger partial charge in [-0.3, -0.25) is 0 Å². The third-order valence-electron chi connectivity index (χ3n) is 3.10. The first-order valence-electron chi connectivity index (χ1n) is 5.98. The molecule has 0 bridgehead atoms. The van der Waals surface area contributed by atoms with Crippen LogP contribution in [0.2, 0.25) is 0 Å². The van der Waals surface area contributed by atoms with Gasteiger partial charge in [0.15, 0.2) is 0 Å². The van der Waals surface area contributed by atoms with Crippen molar-refractivity contribution in [2.24, 2.45) is 0 Å². The molecule has 0 radical (unpaired) electrons. The van der Waals surface area contributed by atoms with Gasteiger partial charge in [0.1, 0.15) is 5.82 Å². The van der Waals surface area contributed by atoms with Crippen LogP contribution in [0.4, 0.5) is 4.39 Å². The number of hydrogen-bond acceptors (Lipinski definition) is 3. The molecule has 0 aliphatic carbocycles. The lowest BCUT2D eigenvalue weighted by molar-refractivity contribution is 0.189. The van der Waals surface area contributed by atoms with Crippen LogP contribution in [0.5, 0.6) is 0 Å². The molecular weight excluding hydrogens is 219 g/mol. The third-order valence-corrected chi connectivity index (χ3v) is 3.10. The molecule has 2 N–H and O–H groups in total. The summed E-state index contributed by atoms with van der Waals surface area (Å²) < 4.78 is 12.7. The second-order valence-corrected chi connectivity index (χ2v) is 4.82. The summed E-state index contributed by atoms with van der Waals surface area (Å²) in [6.45, 7) is 2.39. The van der Waals surface area contributed by atoms with Crippen molar-refractivity contribution in [2.75, 3.05) is 20.1 Å². The predicted molar refractivity (Wildman–Crippen MR) is 65.1 cm³/mol. The highest BCUT2D eigenvalue weighted by Gasteiger charge is 2.22. The molecule has 2 unspecified atom stereocenters. The zero-order chi connectivity index (χ0) is 12.3. The van der Waals surface area contributed by atoms with Gasteiger partial charge >= 0.3 is 0 Å². The zero-order valence-corrected chi connectivity index (χ0v) is 10.1. The molecule has 1 aromatic carbocycles. The first-order valence-corrected chi connectivity index (χ1v) is 5.98. The van der Waals surface area contributed by atoms with E-state index in [2.05, 4.69) is 10.2 Å². The number of nitrogens with zero attached hydrogens (tertiary/aromatic N) is 1. The highest BCUT2D eigenvalue weighted by atomic mass is 19.1. The van der Waals surface area contributed by atoms with Crippen LogP contribution in [0.3, 0.4) is 0 Å². The van der Waals surface area contributed by atoms with Crippen LogP contribution in [0.1, 0.15) is 12.0 Å². The first kappa shape index (κ1) is 12.5. The average Bonchev–Trinajstić information content (AvgIpc) is 2.67. The van der Waals surface area contributed by atoms with Crippen molar-refractivity contribution in [1.29, 1.82) is 0 Å². The number of rotatable bonds is 4. The molecule has 1 fully saturated rings. The summed E-state index contributed by atoms with van der Waals surface area (Å²) in [5.41, 5.74) is 1.10. The zero-order valence-electron chi connectivity index (χ0n) is 10.1. The topological polar surface area (TPSA) is 35.5 Å². The third kappa shape index (κ3) is 3.77. The fourth-order valence-corrected chi connectivity index (χ4v) is 2.28. The molecule has 0 saturated carbocycles. The Bertz CT molecular complexity index is 355. The second kappa shape index (κ2) is 5.58. The standard InChI is InChI=1S/C13H19FN2O/c1-16(9-12-6-13(17)7-15-12)8-10-2-4-11(14)5-3-10/h2-5,12-13,15,17H,6-9H2,1H3. The molecule has 94 valence electrons. The number of benzene rings is 1. The number of aliphatic hydroxyl groups is 1. The minimum atomic E-state index is -0.209. The van der Waals surface area contributed by atoms with Gasteiger partial charge in [-0.1, -0.05) is 12.1 Å². The van der Waals surface area contributed by atoms with Crippen LogP contribution in [-0.2, 0) is 6.54 Å². The van der Waals surface area contributed by atoms with E-state index >= 15 is 0 Å². The van der Waals surface area contributed by atoms with Crippen molar-refractivity contribution in [2.45, 2.75) is 25.1 Å². The summed E-state index contributed by atoms with van der Waals surface area (Å²) in [5.74, 6) is -0.197. The number of nitrogens with one attached hydrogen (secondary N) is 1. The summed E-state index contributed by atoms with van der Waals surface area (Å²) in [6.07, 6.45) is 0.604. The van der Waals surface area contributed by atoms with E-state index in [9.17, 15) is 9.50 Å². The molecule has 2 rings (SSSR count). The fraction of sp³-hybridized carbons (Fsp3) is 0.538. The molecule has 0 spiro atoms. The van der Waals surface area contributed by atoms with E-state index in [1.165, 1.54) is 12.1 Å². The Balaban J connectivity index is 1.80. The highest BCUT2D eigenvalue weighted by Crippen LogP contribution is 2.10. The van der Waals surface area contributed by atoms with E-state index in [4.69, 9.17) is 0 Å². The Kier molecular flexibility index (Phi) is 4.10. The van der Waals surface area contributed by atoms with E-state index in [1.54, 1.807) is 0 Å². The highest BCUT2D eigenvalue weighted by molar-refractivity contribution is 5.15. The Labute approximate surface area is 101 Å². The molecule has 17 heavy (non-hydrogen) atoms. The van der Waals surface area contributed by atoms with Crippen molar-refractivity contribution in [3.8, 4) is 0 Å². The van der Waals surface area contributed by atoms with E-state index in [1.807, 2.05) is 19.2 Å². The summed E-state index contributed by atoms with van der Waals surface area (Å²) in [7, 11) is 2.04. The monoisotopic (exact) mass is 238 g/mol. The van der Waals surface area contributed by atoms with Crippen molar-refractivity contribution < 1.29 is 9.50 Å². The summed E-state index contributed by atoms with van der Waals surface area (Å²) in [5, 5.41) is 12.7. The lowest BCUT2D eigenvalue weighted by Crippen LogP contribution is -2.34. The Hall–Kier alpha value is -0.970. The molecule has 0 amide bonds. The number of aliphatic hydroxyl groups excluding tert-OH is 1. The number of halogens is 1. The van der Waals surface area contributed by atoms with Gasteiger partial charge < -0.3 is 15.3 Å². The van der Waals surface area contributed by atoms with Crippen molar-refractivity contribution in [1.82, 2.24) is 10.2 Å². The SMILES string of the molecule is CN(Cc1ccc(F)cc1)CC1CC(O)CN1. The van der Waals surface area contributed by atoms with Crippen molar-refractivity contribution in [3.63, 3.8) is 0 Å². The minimum Gasteiger partial charge on any atom is -0.392 e. The molecule has 1 aromatic rings. The molecule has 4 heteroatoms. The second-order valence-electron chi connectivity index (χ2n) is 4.82. The van der Waals surface area contributed by atoms with Crippen LogP contribution in [-0.4, -0.2) is 42.3 Å². The van der Waals surface area contributed by atoms with Gasteiger partial charge in [-0.15, -0.1) is 0 Å². The molecule has 1 heterocycles. The van der Waals surface area contributed by atoms with Gasteiger partial charge in [-0.05, 0) is 31.2 Å². The summed E-state index contributed by atoms with van der Waals surface area (Å²) in [6, 6.07) is 6.95. The maximum absolute atomic E-state index is 12.7. The smallest absolute Gasteiger partial charge is 0.123 e. The minimum absolute atomic E-state index is 0.197. The summed E-state index contributed by atoms with van der Waals surface area (Å²) in [4.78, 5) is 2.18. The molecule has 2 atom stereocenters. The predicted octanol–water partition coefficient (Wildman–Crippen LogP) is 0.980. The Morgan fingerprint density at radius 1 is 1.41 bits per heavy atom. The number of likely N-dealkylation sites (N-methyl/N-ethyl adjacent to an activating group) is 1. The lowest BCUT2D eigenvalue weighted by atomic mass is 10.1. The maximum Gasteiger partial charge on any atom is 0.123 e. The first-order chi connectivity index (χ1) is 8.13. The van der Waals surface area contributed by atoms with E-state index in [0.717, 1.165) is 25.1 Å². The quantitative estimate of drug-likeness (QED) is 0.821. The molecule has 3 nitrogen and oxygen atoms in total. The largest absolute Gasteiger partial charge is 0.392 e. The summed E-state index contributed by atoms with van der Waals surface area (Å²) >= 11 is 0. The van der Waals surface area contributed by atoms with Crippen LogP contribution in [0, 0.1) is 5.82 Å². The molecular formula is C13H19FN2O. The number of hydrogen-bond donors (Lipinski definition) is 2. The lowest BCUT2D eigenvalue weighted by Gasteiger charge is -2.21.